The van der Waals surface area contributed by atoms with E-state index in [4.69, 9.17) is 5.11 Å². The molecule has 0 bridgehead atoms. The lowest BCUT2D eigenvalue weighted by Gasteiger charge is -2.36. The standard InChI is InChI=1S/C13H25NO2/c1-10(2)11-5-4-6-12(9-11)14(3)8-7-13(15)16/h10-12H,4-9H2,1-3H3,(H,15,16). The van der Waals surface area contributed by atoms with Gasteiger partial charge in [-0.25, -0.2) is 0 Å². The van der Waals surface area contributed by atoms with Gasteiger partial charge in [-0.05, 0) is 31.7 Å². The second-order valence-electron chi connectivity index (χ2n) is 5.45. The fourth-order valence-corrected chi connectivity index (χ4v) is 2.66. The van der Waals surface area contributed by atoms with Gasteiger partial charge in [0.1, 0.15) is 0 Å². The Morgan fingerprint density at radius 1 is 1.44 bits per heavy atom. The van der Waals surface area contributed by atoms with Crippen LogP contribution >= 0.6 is 0 Å². The Hall–Kier alpha value is -0.570. The maximum Gasteiger partial charge on any atom is 0.304 e. The second kappa shape index (κ2) is 6.24. The summed E-state index contributed by atoms with van der Waals surface area (Å²) in [6, 6.07) is 0.598. The van der Waals surface area contributed by atoms with Crippen LogP contribution in [-0.4, -0.2) is 35.6 Å². The Labute approximate surface area is 98.8 Å². The first kappa shape index (κ1) is 13.5. The van der Waals surface area contributed by atoms with Gasteiger partial charge in [-0.3, -0.25) is 4.79 Å². The number of carboxylic acid groups (broad SMARTS) is 1. The summed E-state index contributed by atoms with van der Waals surface area (Å²) in [6.45, 7) is 5.28. The molecular weight excluding hydrogens is 202 g/mol. The van der Waals surface area contributed by atoms with Crippen molar-refractivity contribution < 1.29 is 9.90 Å². The van der Waals surface area contributed by atoms with Gasteiger partial charge in [0.15, 0.2) is 0 Å². The van der Waals surface area contributed by atoms with Gasteiger partial charge in [0, 0.05) is 12.6 Å². The van der Waals surface area contributed by atoms with E-state index in [0.717, 1.165) is 11.8 Å². The molecule has 1 fully saturated rings. The van der Waals surface area contributed by atoms with Crippen LogP contribution in [0.5, 0.6) is 0 Å². The van der Waals surface area contributed by atoms with Crippen LogP contribution in [0.25, 0.3) is 0 Å². The molecule has 94 valence electrons. The van der Waals surface area contributed by atoms with Gasteiger partial charge < -0.3 is 10.0 Å². The number of carbonyl (C=O) groups is 1. The number of carboxylic acids is 1. The second-order valence-corrected chi connectivity index (χ2v) is 5.45. The van der Waals surface area contributed by atoms with E-state index in [9.17, 15) is 4.79 Å². The lowest BCUT2D eigenvalue weighted by Crippen LogP contribution is -2.38. The Kier molecular flexibility index (Phi) is 5.26. The highest BCUT2D eigenvalue weighted by molar-refractivity contribution is 5.66. The number of rotatable bonds is 5. The van der Waals surface area contributed by atoms with E-state index >= 15 is 0 Å². The van der Waals surface area contributed by atoms with Gasteiger partial charge in [0.05, 0.1) is 6.42 Å². The molecule has 0 aromatic carbocycles. The smallest absolute Gasteiger partial charge is 0.304 e. The third-order valence-corrected chi connectivity index (χ3v) is 3.93. The molecule has 3 nitrogen and oxygen atoms in total. The summed E-state index contributed by atoms with van der Waals surface area (Å²) in [6.07, 6.45) is 5.39. The van der Waals surface area contributed by atoms with Crippen LogP contribution in [-0.2, 0) is 4.79 Å². The summed E-state index contributed by atoms with van der Waals surface area (Å²) in [7, 11) is 2.07. The molecular formula is C13H25NO2. The van der Waals surface area contributed by atoms with E-state index in [-0.39, 0.29) is 6.42 Å². The topological polar surface area (TPSA) is 40.5 Å². The molecule has 0 spiro atoms. The van der Waals surface area contributed by atoms with Gasteiger partial charge in [-0.2, -0.15) is 0 Å². The Morgan fingerprint density at radius 3 is 2.69 bits per heavy atom. The summed E-state index contributed by atoms with van der Waals surface area (Å²) in [5.74, 6) is 0.893. The summed E-state index contributed by atoms with van der Waals surface area (Å²) < 4.78 is 0. The van der Waals surface area contributed by atoms with Gasteiger partial charge >= 0.3 is 5.97 Å². The predicted octanol–water partition coefficient (Wildman–Crippen LogP) is 2.61. The highest BCUT2D eigenvalue weighted by Crippen LogP contribution is 2.31. The predicted molar refractivity (Wildman–Crippen MR) is 65.5 cm³/mol. The van der Waals surface area contributed by atoms with Gasteiger partial charge in [0.25, 0.3) is 0 Å². The van der Waals surface area contributed by atoms with Crippen molar-refractivity contribution in [3.05, 3.63) is 0 Å². The lowest BCUT2D eigenvalue weighted by atomic mass is 9.79. The van der Waals surface area contributed by atoms with Crippen LogP contribution in [0.3, 0.4) is 0 Å². The highest BCUT2D eigenvalue weighted by Gasteiger charge is 2.26. The van der Waals surface area contributed by atoms with Crippen molar-refractivity contribution in [2.45, 2.75) is 52.0 Å². The molecule has 0 amide bonds. The fraction of sp³-hybridized carbons (Fsp3) is 0.923. The molecule has 1 saturated carbocycles. The third kappa shape index (κ3) is 4.12. The Bertz CT molecular complexity index is 228. The van der Waals surface area contributed by atoms with Crippen LogP contribution in [0.15, 0.2) is 0 Å². The third-order valence-electron chi connectivity index (χ3n) is 3.93. The molecule has 0 saturated heterocycles. The van der Waals surface area contributed by atoms with Crippen molar-refractivity contribution in [2.24, 2.45) is 11.8 Å². The first-order valence-electron chi connectivity index (χ1n) is 6.42. The minimum atomic E-state index is -0.692. The maximum atomic E-state index is 10.5. The molecule has 0 aromatic rings. The molecule has 1 aliphatic carbocycles. The molecule has 0 aromatic heterocycles. The number of hydrogen-bond acceptors (Lipinski definition) is 2. The molecule has 1 rings (SSSR count). The van der Waals surface area contributed by atoms with E-state index in [1.54, 1.807) is 0 Å². The summed E-state index contributed by atoms with van der Waals surface area (Å²) >= 11 is 0. The molecule has 0 heterocycles. The summed E-state index contributed by atoms with van der Waals surface area (Å²) in [5.41, 5.74) is 0. The van der Waals surface area contributed by atoms with Crippen LogP contribution in [0, 0.1) is 11.8 Å². The first-order chi connectivity index (χ1) is 7.50. The number of hydrogen-bond donors (Lipinski definition) is 1. The van der Waals surface area contributed by atoms with E-state index < -0.39 is 5.97 Å². The first-order valence-corrected chi connectivity index (χ1v) is 6.42. The monoisotopic (exact) mass is 227 g/mol. The van der Waals surface area contributed by atoms with E-state index in [1.807, 2.05) is 0 Å². The van der Waals surface area contributed by atoms with Crippen molar-refractivity contribution in [2.75, 3.05) is 13.6 Å². The van der Waals surface area contributed by atoms with E-state index in [1.165, 1.54) is 25.7 Å². The largest absolute Gasteiger partial charge is 0.481 e. The normalized spacial score (nSPS) is 26.3. The van der Waals surface area contributed by atoms with Crippen LogP contribution in [0.4, 0.5) is 0 Å². The highest BCUT2D eigenvalue weighted by atomic mass is 16.4. The van der Waals surface area contributed by atoms with Crippen LogP contribution in [0.2, 0.25) is 0 Å². The van der Waals surface area contributed by atoms with E-state index in [0.29, 0.717) is 12.6 Å². The van der Waals surface area contributed by atoms with Crippen molar-refractivity contribution in [1.82, 2.24) is 4.90 Å². The molecule has 3 heteroatoms. The Morgan fingerprint density at radius 2 is 2.12 bits per heavy atom. The Balaban J connectivity index is 2.37. The molecule has 1 aliphatic rings. The van der Waals surface area contributed by atoms with Crippen molar-refractivity contribution in [3.8, 4) is 0 Å². The average Bonchev–Trinajstić information content (AvgIpc) is 2.26. The quantitative estimate of drug-likeness (QED) is 0.785. The molecule has 2 unspecified atom stereocenters. The zero-order chi connectivity index (χ0) is 12.1. The maximum absolute atomic E-state index is 10.5. The zero-order valence-corrected chi connectivity index (χ0v) is 10.8. The number of aliphatic carboxylic acids is 1. The zero-order valence-electron chi connectivity index (χ0n) is 10.8. The van der Waals surface area contributed by atoms with Crippen molar-refractivity contribution in [3.63, 3.8) is 0 Å². The van der Waals surface area contributed by atoms with Crippen LogP contribution in [0.1, 0.15) is 46.0 Å². The van der Waals surface area contributed by atoms with Gasteiger partial charge in [0.2, 0.25) is 0 Å². The molecule has 2 atom stereocenters. The minimum absolute atomic E-state index is 0.263. The summed E-state index contributed by atoms with van der Waals surface area (Å²) in [5, 5.41) is 8.67. The fourth-order valence-electron chi connectivity index (χ4n) is 2.66. The van der Waals surface area contributed by atoms with Crippen LogP contribution < -0.4 is 0 Å². The summed E-state index contributed by atoms with van der Waals surface area (Å²) in [4.78, 5) is 12.8. The molecule has 0 radical (unpaired) electrons. The SMILES string of the molecule is CC(C)C1CCCC(N(C)CCC(=O)O)C1. The van der Waals surface area contributed by atoms with E-state index in [2.05, 4.69) is 25.8 Å². The number of nitrogens with zero attached hydrogens (tertiary/aromatic N) is 1. The van der Waals surface area contributed by atoms with Crippen molar-refractivity contribution >= 4 is 5.97 Å². The molecule has 16 heavy (non-hydrogen) atoms. The van der Waals surface area contributed by atoms with Gasteiger partial charge in [-0.15, -0.1) is 0 Å². The average molecular weight is 227 g/mol. The van der Waals surface area contributed by atoms with Crippen molar-refractivity contribution in [1.29, 1.82) is 0 Å². The lowest BCUT2D eigenvalue weighted by molar-refractivity contribution is -0.137. The minimum Gasteiger partial charge on any atom is -0.481 e. The van der Waals surface area contributed by atoms with Gasteiger partial charge in [-0.1, -0.05) is 26.7 Å². The molecule has 1 N–H and O–H groups in total. The molecule has 0 aliphatic heterocycles.